The van der Waals surface area contributed by atoms with Gasteiger partial charge >= 0.3 is 0 Å². The summed E-state index contributed by atoms with van der Waals surface area (Å²) < 4.78 is 0.876. The number of anilines is 2. The summed E-state index contributed by atoms with van der Waals surface area (Å²) >= 11 is 3.50. The Morgan fingerprint density at radius 2 is 2.14 bits per heavy atom. The molecule has 1 heterocycles. The predicted octanol–water partition coefficient (Wildman–Crippen LogP) is 3.56. The van der Waals surface area contributed by atoms with E-state index in [2.05, 4.69) is 43.5 Å². The van der Waals surface area contributed by atoms with Gasteiger partial charge in [-0.1, -0.05) is 13.3 Å². The highest BCUT2D eigenvalue weighted by Crippen LogP contribution is 2.30. The van der Waals surface area contributed by atoms with E-state index in [9.17, 15) is 5.11 Å². The van der Waals surface area contributed by atoms with Gasteiger partial charge in [0.1, 0.15) is 5.82 Å². The van der Waals surface area contributed by atoms with Crippen LogP contribution in [-0.2, 0) is 0 Å². The van der Waals surface area contributed by atoms with Crippen LogP contribution in [0.15, 0.2) is 10.7 Å². The molecule has 0 radical (unpaired) electrons. The summed E-state index contributed by atoms with van der Waals surface area (Å²) in [5.74, 6) is 1.49. The zero-order valence-corrected chi connectivity index (χ0v) is 14.4. The van der Waals surface area contributed by atoms with Crippen LogP contribution in [-0.4, -0.2) is 33.3 Å². The number of hydrogen-bond donors (Lipinski definition) is 3. The molecule has 1 aliphatic carbocycles. The third-order valence-electron chi connectivity index (χ3n) is 3.96. The first-order valence-corrected chi connectivity index (χ1v) is 8.55. The molecule has 2 rings (SSSR count). The molecule has 0 bridgehead atoms. The molecular formula is C15H25BrN4O. The van der Waals surface area contributed by atoms with E-state index in [0.29, 0.717) is 12.0 Å². The third kappa shape index (κ3) is 5.11. The zero-order chi connectivity index (χ0) is 15.3. The number of rotatable bonds is 6. The van der Waals surface area contributed by atoms with E-state index >= 15 is 0 Å². The Kier molecular flexibility index (Phi) is 5.81. The average molecular weight is 357 g/mol. The van der Waals surface area contributed by atoms with Crippen molar-refractivity contribution in [1.82, 2.24) is 9.97 Å². The average Bonchev–Trinajstić information content (AvgIpc) is 2.45. The van der Waals surface area contributed by atoms with E-state index in [1.54, 1.807) is 6.20 Å². The van der Waals surface area contributed by atoms with Crippen molar-refractivity contribution in [2.45, 2.75) is 64.0 Å². The second kappa shape index (κ2) is 7.40. The molecule has 0 amide bonds. The lowest BCUT2D eigenvalue weighted by atomic mass is 9.84. The Morgan fingerprint density at radius 1 is 1.43 bits per heavy atom. The summed E-state index contributed by atoms with van der Waals surface area (Å²) in [6.45, 7) is 4.97. The Labute approximate surface area is 135 Å². The highest BCUT2D eigenvalue weighted by molar-refractivity contribution is 9.10. The first-order valence-electron chi connectivity index (χ1n) is 7.75. The van der Waals surface area contributed by atoms with Gasteiger partial charge in [0.2, 0.25) is 5.95 Å². The van der Waals surface area contributed by atoms with Crippen molar-refractivity contribution < 1.29 is 5.11 Å². The first-order chi connectivity index (χ1) is 10.00. The third-order valence-corrected chi connectivity index (χ3v) is 4.54. The second-order valence-electron chi connectivity index (χ2n) is 6.09. The van der Waals surface area contributed by atoms with Crippen molar-refractivity contribution >= 4 is 27.7 Å². The number of aliphatic hydroxyl groups is 1. The molecule has 6 heteroatoms. The molecule has 0 aliphatic heterocycles. The number of halogens is 1. The van der Waals surface area contributed by atoms with Crippen LogP contribution in [0.2, 0.25) is 0 Å². The minimum Gasteiger partial charge on any atom is -0.390 e. The monoisotopic (exact) mass is 356 g/mol. The van der Waals surface area contributed by atoms with Crippen LogP contribution in [0.5, 0.6) is 0 Å². The molecule has 1 aromatic rings. The summed E-state index contributed by atoms with van der Waals surface area (Å²) in [5.41, 5.74) is -0.506. The van der Waals surface area contributed by atoms with Gasteiger partial charge in [0.25, 0.3) is 0 Å². The molecule has 0 spiro atoms. The minimum atomic E-state index is -0.506. The molecule has 1 aromatic heterocycles. The lowest BCUT2D eigenvalue weighted by Gasteiger charge is -2.33. The van der Waals surface area contributed by atoms with Crippen LogP contribution in [0.4, 0.5) is 11.8 Å². The van der Waals surface area contributed by atoms with Crippen LogP contribution in [0.3, 0.4) is 0 Å². The van der Waals surface area contributed by atoms with Crippen molar-refractivity contribution in [1.29, 1.82) is 0 Å². The summed E-state index contributed by atoms with van der Waals surface area (Å²) in [6, 6.07) is 0.361. The fourth-order valence-corrected chi connectivity index (χ4v) is 2.81. The molecule has 1 saturated carbocycles. The molecule has 0 atom stereocenters. The molecule has 3 N–H and O–H groups in total. The van der Waals surface area contributed by atoms with Gasteiger partial charge in [-0.15, -0.1) is 0 Å². The lowest BCUT2D eigenvalue weighted by molar-refractivity contribution is 0.0196. The molecule has 1 aliphatic rings. The van der Waals surface area contributed by atoms with Crippen LogP contribution in [0, 0.1) is 0 Å². The van der Waals surface area contributed by atoms with E-state index < -0.39 is 5.60 Å². The Balaban J connectivity index is 1.94. The summed E-state index contributed by atoms with van der Waals surface area (Å²) in [7, 11) is 0. The fraction of sp³-hybridized carbons (Fsp3) is 0.733. The van der Waals surface area contributed by atoms with Crippen LogP contribution in [0.1, 0.15) is 52.4 Å². The Hall–Kier alpha value is -0.880. The van der Waals surface area contributed by atoms with E-state index in [-0.39, 0.29) is 0 Å². The topological polar surface area (TPSA) is 70.1 Å². The van der Waals surface area contributed by atoms with Crippen molar-refractivity contribution in [3.63, 3.8) is 0 Å². The van der Waals surface area contributed by atoms with Gasteiger partial charge in [-0.25, -0.2) is 4.98 Å². The molecule has 21 heavy (non-hydrogen) atoms. The maximum absolute atomic E-state index is 10.0. The van der Waals surface area contributed by atoms with Crippen molar-refractivity contribution in [2.75, 3.05) is 17.2 Å². The first kappa shape index (κ1) is 16.5. The number of nitrogens with zero attached hydrogens (tertiary/aromatic N) is 2. The van der Waals surface area contributed by atoms with Gasteiger partial charge in [0, 0.05) is 18.8 Å². The predicted molar refractivity (Wildman–Crippen MR) is 89.6 cm³/mol. The fourth-order valence-electron chi connectivity index (χ4n) is 2.51. The van der Waals surface area contributed by atoms with Crippen LogP contribution < -0.4 is 10.6 Å². The standard InChI is InChI=1S/C15H25BrN4O/c1-3-4-9-17-14-18-10-12(16)13(20-14)19-11-5-7-15(2,21)8-6-11/h10-11,21H,3-9H2,1-2H3,(H2,17,18,19,20). The Bertz CT molecular complexity index is 457. The van der Waals surface area contributed by atoms with Gasteiger partial charge in [-0.2, -0.15) is 4.98 Å². The highest BCUT2D eigenvalue weighted by atomic mass is 79.9. The van der Waals surface area contributed by atoms with Crippen molar-refractivity contribution in [2.24, 2.45) is 0 Å². The quantitative estimate of drug-likeness (QED) is 0.679. The summed E-state index contributed by atoms with van der Waals surface area (Å²) in [5, 5.41) is 16.7. The minimum absolute atomic E-state index is 0.361. The molecule has 0 unspecified atom stereocenters. The normalized spacial score (nSPS) is 25.6. The van der Waals surface area contributed by atoms with Gasteiger partial charge in [-0.05, 0) is 55.0 Å². The second-order valence-corrected chi connectivity index (χ2v) is 6.94. The number of aromatic nitrogens is 2. The van der Waals surface area contributed by atoms with E-state index in [0.717, 1.165) is 55.4 Å². The van der Waals surface area contributed by atoms with Crippen LogP contribution >= 0.6 is 15.9 Å². The van der Waals surface area contributed by atoms with E-state index in [1.807, 2.05) is 6.92 Å². The van der Waals surface area contributed by atoms with Crippen LogP contribution in [0.25, 0.3) is 0 Å². The number of nitrogens with one attached hydrogen (secondary N) is 2. The maximum atomic E-state index is 10.0. The highest BCUT2D eigenvalue weighted by Gasteiger charge is 2.28. The van der Waals surface area contributed by atoms with E-state index in [1.165, 1.54) is 0 Å². The van der Waals surface area contributed by atoms with E-state index in [4.69, 9.17) is 0 Å². The molecule has 118 valence electrons. The zero-order valence-electron chi connectivity index (χ0n) is 12.8. The molecular weight excluding hydrogens is 332 g/mol. The van der Waals surface area contributed by atoms with Gasteiger partial charge in [0.15, 0.2) is 0 Å². The molecule has 5 nitrogen and oxygen atoms in total. The molecule has 0 saturated heterocycles. The van der Waals surface area contributed by atoms with Crippen molar-refractivity contribution in [3.8, 4) is 0 Å². The molecule has 0 aromatic carbocycles. The van der Waals surface area contributed by atoms with Gasteiger partial charge in [-0.3, -0.25) is 0 Å². The van der Waals surface area contributed by atoms with Gasteiger partial charge < -0.3 is 15.7 Å². The SMILES string of the molecule is CCCCNc1ncc(Br)c(NC2CCC(C)(O)CC2)n1. The number of unbranched alkanes of at least 4 members (excludes halogenated alkanes) is 1. The molecule has 1 fully saturated rings. The summed E-state index contributed by atoms with van der Waals surface area (Å²) in [4.78, 5) is 8.81. The largest absolute Gasteiger partial charge is 0.390 e. The Morgan fingerprint density at radius 3 is 2.81 bits per heavy atom. The number of hydrogen-bond acceptors (Lipinski definition) is 5. The summed E-state index contributed by atoms with van der Waals surface area (Å²) in [6.07, 6.45) is 7.62. The lowest BCUT2D eigenvalue weighted by Crippen LogP contribution is -2.36. The smallest absolute Gasteiger partial charge is 0.224 e. The van der Waals surface area contributed by atoms with Crippen molar-refractivity contribution in [3.05, 3.63) is 10.7 Å². The maximum Gasteiger partial charge on any atom is 0.224 e. The van der Waals surface area contributed by atoms with Gasteiger partial charge in [0.05, 0.1) is 10.1 Å².